The highest BCUT2D eigenvalue weighted by Gasteiger charge is 1.97. The smallest absolute Gasteiger partial charge is 0.0552 e. The Labute approximate surface area is 70.8 Å². The van der Waals surface area contributed by atoms with Gasteiger partial charge in [0.05, 0.1) is 6.54 Å². The van der Waals surface area contributed by atoms with Gasteiger partial charge >= 0.3 is 0 Å². The topological polar surface area (TPSA) is 32.3 Å². The van der Waals surface area contributed by atoms with Crippen LogP contribution in [0, 0.1) is 0 Å². The highest BCUT2D eigenvalue weighted by molar-refractivity contribution is 7.11. The number of hydrogen-bond donors (Lipinski definition) is 2. The van der Waals surface area contributed by atoms with Gasteiger partial charge in [-0.05, 0) is 18.6 Å². The summed E-state index contributed by atoms with van der Waals surface area (Å²) in [5.41, 5.74) is 2.15. The maximum absolute atomic E-state index is 8.42. The van der Waals surface area contributed by atoms with E-state index in [9.17, 15) is 0 Å². The molecular weight excluding hydrogens is 158 g/mol. The second-order valence-corrected chi connectivity index (χ2v) is 3.71. The minimum absolute atomic E-state index is 0.564. The fourth-order valence-corrected chi connectivity index (χ4v) is 2.03. The summed E-state index contributed by atoms with van der Waals surface area (Å²) in [4.78, 5) is 2.59. The molecule has 1 aromatic heterocycles. The number of thiophene rings is 1. The summed E-state index contributed by atoms with van der Waals surface area (Å²) in [7, 11) is 0. The molecule has 0 spiro atoms. The molecule has 11 heavy (non-hydrogen) atoms. The lowest BCUT2D eigenvalue weighted by molar-refractivity contribution is 0.162. The molecule has 0 aliphatic carbocycles. The number of nitrogens with one attached hydrogen (secondary N) is 1. The maximum atomic E-state index is 8.42. The SMILES string of the molecule is CCCc1ccc(CNO)s1. The molecule has 62 valence electrons. The van der Waals surface area contributed by atoms with Gasteiger partial charge < -0.3 is 5.21 Å². The minimum Gasteiger partial charge on any atom is -0.316 e. The first-order valence-electron chi connectivity index (χ1n) is 3.81. The van der Waals surface area contributed by atoms with Crippen LogP contribution in [-0.4, -0.2) is 5.21 Å². The lowest BCUT2D eigenvalue weighted by Gasteiger charge is -1.91. The first kappa shape index (κ1) is 8.71. The summed E-state index contributed by atoms with van der Waals surface area (Å²) in [6, 6.07) is 4.18. The Morgan fingerprint density at radius 1 is 1.45 bits per heavy atom. The van der Waals surface area contributed by atoms with Crippen molar-refractivity contribution in [3.05, 3.63) is 21.9 Å². The van der Waals surface area contributed by atoms with Gasteiger partial charge in [0.1, 0.15) is 0 Å². The van der Waals surface area contributed by atoms with Gasteiger partial charge in [-0.25, -0.2) is 5.48 Å². The van der Waals surface area contributed by atoms with Crippen LogP contribution in [0.1, 0.15) is 23.1 Å². The van der Waals surface area contributed by atoms with Crippen molar-refractivity contribution in [2.24, 2.45) is 0 Å². The summed E-state index contributed by atoms with van der Waals surface area (Å²) in [6.45, 7) is 2.73. The van der Waals surface area contributed by atoms with Gasteiger partial charge in [0.15, 0.2) is 0 Å². The van der Waals surface area contributed by atoms with Gasteiger partial charge in [0.25, 0.3) is 0 Å². The Morgan fingerprint density at radius 3 is 2.82 bits per heavy atom. The van der Waals surface area contributed by atoms with Crippen molar-refractivity contribution in [2.45, 2.75) is 26.3 Å². The Hall–Kier alpha value is -0.380. The van der Waals surface area contributed by atoms with Gasteiger partial charge in [-0.2, -0.15) is 0 Å². The molecule has 3 heteroatoms. The highest BCUT2D eigenvalue weighted by atomic mass is 32.1. The third kappa shape index (κ3) is 2.61. The van der Waals surface area contributed by atoms with Crippen molar-refractivity contribution in [1.29, 1.82) is 0 Å². The second kappa shape index (κ2) is 4.49. The fourth-order valence-electron chi connectivity index (χ4n) is 0.976. The average molecular weight is 171 g/mol. The molecule has 0 amide bonds. The Balaban J connectivity index is 2.51. The second-order valence-electron chi connectivity index (χ2n) is 2.45. The fraction of sp³-hybridized carbons (Fsp3) is 0.500. The van der Waals surface area contributed by atoms with Gasteiger partial charge in [-0.1, -0.05) is 13.3 Å². The van der Waals surface area contributed by atoms with Crippen molar-refractivity contribution < 1.29 is 5.21 Å². The van der Waals surface area contributed by atoms with Crippen molar-refractivity contribution >= 4 is 11.3 Å². The minimum atomic E-state index is 0.564. The van der Waals surface area contributed by atoms with Gasteiger partial charge in [-0.15, -0.1) is 11.3 Å². The highest BCUT2D eigenvalue weighted by Crippen LogP contribution is 2.17. The largest absolute Gasteiger partial charge is 0.316 e. The lowest BCUT2D eigenvalue weighted by atomic mass is 10.3. The molecule has 1 rings (SSSR count). The summed E-state index contributed by atoms with van der Waals surface area (Å²) < 4.78 is 0. The van der Waals surface area contributed by atoms with Crippen molar-refractivity contribution in [3.63, 3.8) is 0 Å². The molecule has 1 aromatic rings. The van der Waals surface area contributed by atoms with Crippen LogP contribution >= 0.6 is 11.3 Å². The zero-order valence-electron chi connectivity index (χ0n) is 6.63. The van der Waals surface area contributed by atoms with Crippen LogP contribution in [0.5, 0.6) is 0 Å². The first-order valence-corrected chi connectivity index (χ1v) is 4.63. The quantitative estimate of drug-likeness (QED) is 0.680. The van der Waals surface area contributed by atoms with Crippen LogP contribution in [0.2, 0.25) is 0 Å². The average Bonchev–Trinajstić information content (AvgIpc) is 2.38. The van der Waals surface area contributed by atoms with Crippen LogP contribution in [0.3, 0.4) is 0 Å². The van der Waals surface area contributed by atoms with Crippen LogP contribution in [-0.2, 0) is 13.0 Å². The van der Waals surface area contributed by atoms with Crippen LogP contribution in [0.25, 0.3) is 0 Å². The van der Waals surface area contributed by atoms with E-state index in [1.807, 2.05) is 0 Å². The van der Waals surface area contributed by atoms with Crippen molar-refractivity contribution in [2.75, 3.05) is 0 Å². The summed E-state index contributed by atoms with van der Waals surface area (Å²) in [5, 5.41) is 8.42. The van der Waals surface area contributed by atoms with Crippen molar-refractivity contribution in [3.8, 4) is 0 Å². The van der Waals surface area contributed by atoms with E-state index in [-0.39, 0.29) is 0 Å². The third-order valence-corrected chi connectivity index (χ3v) is 2.61. The van der Waals surface area contributed by atoms with E-state index in [0.29, 0.717) is 6.54 Å². The molecule has 0 fully saturated rings. The van der Waals surface area contributed by atoms with E-state index >= 15 is 0 Å². The number of hydroxylamine groups is 1. The predicted octanol–water partition coefficient (Wildman–Crippen LogP) is 2.18. The van der Waals surface area contributed by atoms with Crippen LogP contribution in [0.4, 0.5) is 0 Å². The Kier molecular flexibility index (Phi) is 3.56. The molecule has 0 saturated heterocycles. The molecule has 2 nitrogen and oxygen atoms in total. The normalized spacial score (nSPS) is 10.4. The molecule has 0 radical (unpaired) electrons. The van der Waals surface area contributed by atoms with Crippen LogP contribution < -0.4 is 5.48 Å². The molecule has 0 unspecified atom stereocenters. The van der Waals surface area contributed by atoms with Gasteiger partial charge in [0.2, 0.25) is 0 Å². The molecule has 0 atom stereocenters. The van der Waals surface area contributed by atoms with E-state index < -0.39 is 0 Å². The molecule has 0 aliphatic rings. The maximum Gasteiger partial charge on any atom is 0.0552 e. The lowest BCUT2D eigenvalue weighted by Crippen LogP contribution is -2.03. The molecule has 0 aliphatic heterocycles. The zero-order chi connectivity index (χ0) is 8.10. The molecule has 0 aromatic carbocycles. The van der Waals surface area contributed by atoms with Gasteiger partial charge in [0, 0.05) is 9.75 Å². The first-order chi connectivity index (χ1) is 5.36. The number of hydrogen-bond acceptors (Lipinski definition) is 3. The van der Waals surface area contributed by atoms with E-state index in [1.54, 1.807) is 11.3 Å². The van der Waals surface area contributed by atoms with E-state index in [4.69, 9.17) is 5.21 Å². The molecule has 1 heterocycles. The Bertz CT molecular complexity index is 189. The third-order valence-electron chi connectivity index (χ3n) is 1.47. The van der Waals surface area contributed by atoms with Crippen molar-refractivity contribution in [1.82, 2.24) is 5.48 Å². The molecule has 0 bridgehead atoms. The van der Waals surface area contributed by atoms with E-state index in [0.717, 1.165) is 6.42 Å². The molecule has 2 N–H and O–H groups in total. The standard InChI is InChI=1S/C8H13NOS/c1-2-3-7-4-5-8(11-7)6-9-10/h4-5,9-10H,2-3,6H2,1H3. The summed E-state index contributed by atoms with van der Waals surface area (Å²) in [5.74, 6) is 0. The number of aryl methyl sites for hydroxylation is 1. The predicted molar refractivity (Wildman–Crippen MR) is 46.9 cm³/mol. The number of rotatable bonds is 4. The monoisotopic (exact) mass is 171 g/mol. The summed E-state index contributed by atoms with van der Waals surface area (Å²) >= 11 is 1.76. The molecule has 0 saturated carbocycles. The van der Waals surface area contributed by atoms with Crippen LogP contribution in [0.15, 0.2) is 12.1 Å². The van der Waals surface area contributed by atoms with E-state index in [2.05, 4.69) is 24.5 Å². The van der Waals surface area contributed by atoms with Gasteiger partial charge in [-0.3, -0.25) is 0 Å². The zero-order valence-corrected chi connectivity index (χ0v) is 7.45. The Morgan fingerprint density at radius 2 is 2.18 bits per heavy atom. The summed E-state index contributed by atoms with van der Waals surface area (Å²) in [6.07, 6.45) is 2.34. The molecular formula is C8H13NOS. The van der Waals surface area contributed by atoms with E-state index in [1.165, 1.54) is 16.2 Å².